The molecule has 0 unspecified atom stereocenters. The van der Waals surface area contributed by atoms with E-state index in [1.165, 1.54) is 11.6 Å². The molecule has 0 saturated heterocycles. The van der Waals surface area contributed by atoms with E-state index in [2.05, 4.69) is 0 Å². The van der Waals surface area contributed by atoms with Crippen LogP contribution < -0.4 is 10.5 Å². The number of hydrogen-bond donors (Lipinski definition) is 1. The molecule has 0 aliphatic carbocycles. The lowest BCUT2D eigenvalue weighted by Crippen LogP contribution is -2.02. The van der Waals surface area contributed by atoms with E-state index in [0.717, 1.165) is 16.9 Å². The van der Waals surface area contributed by atoms with Gasteiger partial charge in [-0.25, -0.2) is 4.39 Å². The zero-order valence-electron chi connectivity index (χ0n) is 11.2. The van der Waals surface area contributed by atoms with Crippen molar-refractivity contribution in [1.29, 1.82) is 0 Å². The molecule has 0 heterocycles. The Kier molecular flexibility index (Phi) is 4.17. The van der Waals surface area contributed by atoms with Crippen molar-refractivity contribution in [3.8, 4) is 5.75 Å². The van der Waals surface area contributed by atoms with E-state index in [0.29, 0.717) is 12.1 Å². The second-order valence-electron chi connectivity index (χ2n) is 4.69. The number of halogens is 1. The molecular formula is C16H18FNO. The van der Waals surface area contributed by atoms with Crippen LogP contribution in [-0.2, 0) is 13.2 Å². The van der Waals surface area contributed by atoms with Gasteiger partial charge in [0.25, 0.3) is 0 Å². The van der Waals surface area contributed by atoms with Crippen LogP contribution in [-0.4, -0.2) is 0 Å². The van der Waals surface area contributed by atoms with Crippen molar-refractivity contribution in [1.82, 2.24) is 0 Å². The maximum atomic E-state index is 13.8. The zero-order valence-corrected chi connectivity index (χ0v) is 11.2. The summed E-state index contributed by atoms with van der Waals surface area (Å²) in [6.07, 6.45) is 0. The molecule has 19 heavy (non-hydrogen) atoms. The maximum absolute atomic E-state index is 13.8. The number of ether oxygens (including phenoxy) is 1. The Morgan fingerprint density at radius 2 is 1.89 bits per heavy atom. The summed E-state index contributed by atoms with van der Waals surface area (Å²) >= 11 is 0. The molecule has 3 heteroatoms. The Morgan fingerprint density at radius 3 is 2.53 bits per heavy atom. The summed E-state index contributed by atoms with van der Waals surface area (Å²) in [5.74, 6) is 0.514. The van der Waals surface area contributed by atoms with Crippen LogP contribution in [0.3, 0.4) is 0 Å². The first-order valence-corrected chi connectivity index (χ1v) is 6.27. The lowest BCUT2D eigenvalue weighted by atomic mass is 10.1. The van der Waals surface area contributed by atoms with Crippen molar-refractivity contribution in [2.24, 2.45) is 5.73 Å². The second-order valence-corrected chi connectivity index (χ2v) is 4.69. The Morgan fingerprint density at radius 1 is 1.11 bits per heavy atom. The van der Waals surface area contributed by atoms with Gasteiger partial charge < -0.3 is 10.5 Å². The molecule has 0 aliphatic heterocycles. The molecule has 0 radical (unpaired) electrons. The van der Waals surface area contributed by atoms with Gasteiger partial charge in [0.1, 0.15) is 18.2 Å². The minimum absolute atomic E-state index is 0.223. The fourth-order valence-corrected chi connectivity index (χ4v) is 1.95. The fraction of sp³-hybridized carbons (Fsp3) is 0.250. The molecule has 2 aromatic carbocycles. The van der Waals surface area contributed by atoms with Gasteiger partial charge in [0.2, 0.25) is 0 Å². The molecule has 2 N–H and O–H groups in total. The topological polar surface area (TPSA) is 35.2 Å². The average Bonchev–Trinajstić information content (AvgIpc) is 2.39. The van der Waals surface area contributed by atoms with Gasteiger partial charge in [-0.3, -0.25) is 0 Å². The Labute approximate surface area is 113 Å². The van der Waals surface area contributed by atoms with Gasteiger partial charge in [-0.05, 0) is 37.1 Å². The maximum Gasteiger partial charge on any atom is 0.130 e. The van der Waals surface area contributed by atoms with Crippen LogP contribution >= 0.6 is 0 Å². The Balaban J connectivity index is 2.10. The molecule has 0 aromatic heterocycles. The molecule has 0 spiro atoms. The summed E-state index contributed by atoms with van der Waals surface area (Å²) in [7, 11) is 0. The third-order valence-corrected chi connectivity index (χ3v) is 3.07. The van der Waals surface area contributed by atoms with E-state index in [-0.39, 0.29) is 12.4 Å². The van der Waals surface area contributed by atoms with E-state index < -0.39 is 0 Å². The zero-order chi connectivity index (χ0) is 13.8. The third-order valence-electron chi connectivity index (χ3n) is 3.07. The van der Waals surface area contributed by atoms with Crippen LogP contribution in [0, 0.1) is 19.7 Å². The first kappa shape index (κ1) is 13.6. The summed E-state index contributed by atoms with van der Waals surface area (Å²) in [5.41, 5.74) is 9.03. The molecule has 2 rings (SSSR count). The number of hydrogen-bond acceptors (Lipinski definition) is 2. The monoisotopic (exact) mass is 259 g/mol. The highest BCUT2D eigenvalue weighted by Gasteiger charge is 2.05. The smallest absolute Gasteiger partial charge is 0.130 e. The van der Waals surface area contributed by atoms with Crippen LogP contribution in [0.4, 0.5) is 4.39 Å². The van der Waals surface area contributed by atoms with Gasteiger partial charge in [0.15, 0.2) is 0 Å². The van der Waals surface area contributed by atoms with E-state index in [1.807, 2.05) is 38.1 Å². The predicted molar refractivity (Wildman–Crippen MR) is 74.5 cm³/mol. The SMILES string of the molecule is Cc1ccc(OCc2ccc(CN)cc2F)c(C)c1. The van der Waals surface area contributed by atoms with Gasteiger partial charge >= 0.3 is 0 Å². The molecule has 0 amide bonds. The van der Waals surface area contributed by atoms with Gasteiger partial charge in [-0.1, -0.05) is 29.8 Å². The summed E-state index contributed by atoms with van der Waals surface area (Å²) < 4.78 is 19.4. The lowest BCUT2D eigenvalue weighted by Gasteiger charge is -2.11. The van der Waals surface area contributed by atoms with Crippen LogP contribution in [0.5, 0.6) is 5.75 Å². The van der Waals surface area contributed by atoms with Crippen molar-refractivity contribution in [3.05, 3.63) is 64.5 Å². The van der Waals surface area contributed by atoms with Crippen LogP contribution in [0.15, 0.2) is 36.4 Å². The summed E-state index contributed by atoms with van der Waals surface area (Å²) in [5, 5.41) is 0. The predicted octanol–water partition coefficient (Wildman–Crippen LogP) is 3.48. The average molecular weight is 259 g/mol. The lowest BCUT2D eigenvalue weighted by molar-refractivity contribution is 0.297. The molecule has 2 aromatic rings. The molecule has 2 nitrogen and oxygen atoms in total. The summed E-state index contributed by atoms with van der Waals surface area (Å²) in [6, 6.07) is 10.9. The molecule has 0 aliphatic rings. The van der Waals surface area contributed by atoms with Crippen molar-refractivity contribution in [2.45, 2.75) is 27.0 Å². The minimum atomic E-state index is -0.271. The number of aryl methyl sites for hydroxylation is 2. The van der Waals surface area contributed by atoms with E-state index in [1.54, 1.807) is 6.07 Å². The minimum Gasteiger partial charge on any atom is -0.489 e. The quantitative estimate of drug-likeness (QED) is 0.912. The van der Waals surface area contributed by atoms with E-state index >= 15 is 0 Å². The van der Waals surface area contributed by atoms with Crippen molar-refractivity contribution in [3.63, 3.8) is 0 Å². The van der Waals surface area contributed by atoms with E-state index in [9.17, 15) is 4.39 Å². The number of rotatable bonds is 4. The normalized spacial score (nSPS) is 10.5. The molecule has 0 fully saturated rings. The summed E-state index contributed by atoms with van der Waals surface area (Å²) in [4.78, 5) is 0. The van der Waals surface area contributed by atoms with Gasteiger partial charge in [0.05, 0.1) is 0 Å². The third kappa shape index (κ3) is 3.32. The molecule has 0 bridgehead atoms. The highest BCUT2D eigenvalue weighted by molar-refractivity contribution is 5.36. The molecule has 0 atom stereocenters. The second kappa shape index (κ2) is 5.85. The first-order chi connectivity index (χ1) is 9.10. The standard InChI is InChI=1S/C16H18FNO/c1-11-3-6-16(12(2)7-11)19-10-14-5-4-13(9-18)8-15(14)17/h3-8H,9-10,18H2,1-2H3. The van der Waals surface area contributed by atoms with Crippen LogP contribution in [0.25, 0.3) is 0 Å². The number of nitrogens with two attached hydrogens (primary N) is 1. The van der Waals surface area contributed by atoms with Crippen molar-refractivity contribution >= 4 is 0 Å². The van der Waals surface area contributed by atoms with Crippen molar-refractivity contribution in [2.75, 3.05) is 0 Å². The molecule has 100 valence electrons. The van der Waals surface area contributed by atoms with Crippen molar-refractivity contribution < 1.29 is 9.13 Å². The largest absolute Gasteiger partial charge is 0.489 e. The number of benzene rings is 2. The summed E-state index contributed by atoms with van der Waals surface area (Å²) in [6.45, 7) is 4.58. The van der Waals surface area contributed by atoms with E-state index in [4.69, 9.17) is 10.5 Å². The Bertz CT molecular complexity index is 581. The van der Waals surface area contributed by atoms with Gasteiger partial charge in [-0.2, -0.15) is 0 Å². The highest BCUT2D eigenvalue weighted by Crippen LogP contribution is 2.21. The fourth-order valence-electron chi connectivity index (χ4n) is 1.95. The van der Waals surface area contributed by atoms with Crippen LogP contribution in [0.1, 0.15) is 22.3 Å². The first-order valence-electron chi connectivity index (χ1n) is 6.27. The van der Waals surface area contributed by atoms with Gasteiger partial charge in [0, 0.05) is 12.1 Å². The highest BCUT2D eigenvalue weighted by atomic mass is 19.1. The van der Waals surface area contributed by atoms with Gasteiger partial charge in [-0.15, -0.1) is 0 Å². The van der Waals surface area contributed by atoms with Crippen LogP contribution in [0.2, 0.25) is 0 Å². The Hall–Kier alpha value is -1.87. The molecular weight excluding hydrogens is 241 g/mol. The molecule has 0 saturated carbocycles.